The molecule has 0 saturated carbocycles. The predicted molar refractivity (Wildman–Crippen MR) is 83.5 cm³/mol. The van der Waals surface area contributed by atoms with Crippen molar-refractivity contribution in [1.82, 2.24) is 0 Å². The minimum absolute atomic E-state index is 0.142. The number of nitrogens with two attached hydrogens (primary N) is 1. The molecule has 0 spiro atoms. The van der Waals surface area contributed by atoms with Crippen LogP contribution in [-0.2, 0) is 6.42 Å². The quantitative estimate of drug-likeness (QED) is 0.812. The van der Waals surface area contributed by atoms with E-state index in [1.165, 1.54) is 19.6 Å². The van der Waals surface area contributed by atoms with Crippen molar-refractivity contribution in [2.24, 2.45) is 5.73 Å². The number of hydrogen-bond acceptors (Lipinski definition) is 2. The Hall–Kier alpha value is -0.390. The van der Waals surface area contributed by atoms with E-state index in [0.29, 0.717) is 0 Å². The third-order valence-electron chi connectivity index (χ3n) is 2.90. The first-order chi connectivity index (χ1) is 8.18. The molecule has 2 rings (SSSR count). The first kappa shape index (κ1) is 13.1. The van der Waals surface area contributed by atoms with Gasteiger partial charge in [0.05, 0.1) is 0 Å². The van der Waals surface area contributed by atoms with Crippen molar-refractivity contribution in [1.29, 1.82) is 0 Å². The van der Waals surface area contributed by atoms with Crippen LogP contribution in [0.1, 0.15) is 28.5 Å². The molecule has 0 aliphatic rings. The van der Waals surface area contributed by atoms with E-state index < -0.39 is 0 Å². The van der Waals surface area contributed by atoms with Crippen LogP contribution in [0.25, 0.3) is 0 Å². The molecule has 2 aromatic rings. The monoisotopic (exact) mass is 357 g/mol. The molecule has 1 heterocycles. The van der Waals surface area contributed by atoms with Gasteiger partial charge in [0, 0.05) is 14.5 Å². The maximum Gasteiger partial charge on any atom is 0.0308 e. The van der Waals surface area contributed by atoms with Crippen LogP contribution in [0.3, 0.4) is 0 Å². The summed E-state index contributed by atoms with van der Waals surface area (Å²) in [5.74, 6) is 0. The van der Waals surface area contributed by atoms with Gasteiger partial charge in [-0.15, -0.1) is 11.3 Å². The van der Waals surface area contributed by atoms with E-state index in [9.17, 15) is 0 Å². The molecule has 0 radical (unpaired) electrons. The molecule has 1 atom stereocenters. The second-order valence-electron chi connectivity index (χ2n) is 4.20. The number of aryl methyl sites for hydroxylation is 2. The highest BCUT2D eigenvalue weighted by Gasteiger charge is 2.11. The fourth-order valence-corrected chi connectivity index (χ4v) is 3.35. The summed E-state index contributed by atoms with van der Waals surface area (Å²) in [6.07, 6.45) is 2.09. The Labute approximate surface area is 120 Å². The summed E-state index contributed by atoms with van der Waals surface area (Å²) in [6.45, 7) is 2.14. The Morgan fingerprint density at radius 3 is 2.82 bits per heavy atom. The summed E-state index contributed by atoms with van der Waals surface area (Å²) >= 11 is 4.21. The van der Waals surface area contributed by atoms with Gasteiger partial charge in [-0.05, 0) is 64.9 Å². The van der Waals surface area contributed by atoms with Crippen LogP contribution in [0, 0.1) is 10.5 Å². The SMILES string of the molecule is Cc1cccc(C(N)CCc2cccs2)c1I. The van der Waals surface area contributed by atoms with Crippen molar-refractivity contribution in [2.75, 3.05) is 0 Å². The molecule has 1 aromatic heterocycles. The molecule has 0 aliphatic heterocycles. The molecule has 1 unspecified atom stereocenters. The molecule has 0 amide bonds. The normalized spacial score (nSPS) is 12.6. The van der Waals surface area contributed by atoms with Gasteiger partial charge in [0.1, 0.15) is 0 Å². The Morgan fingerprint density at radius 2 is 2.12 bits per heavy atom. The van der Waals surface area contributed by atoms with Crippen molar-refractivity contribution >= 4 is 33.9 Å². The Kier molecular flexibility index (Phi) is 4.59. The van der Waals surface area contributed by atoms with Crippen LogP contribution in [0.15, 0.2) is 35.7 Å². The molecule has 2 N–H and O–H groups in total. The fourth-order valence-electron chi connectivity index (χ4n) is 1.86. The van der Waals surface area contributed by atoms with E-state index in [2.05, 4.69) is 65.2 Å². The van der Waals surface area contributed by atoms with Crippen LogP contribution in [0.5, 0.6) is 0 Å². The Bertz CT molecular complexity index is 479. The van der Waals surface area contributed by atoms with Crippen molar-refractivity contribution in [2.45, 2.75) is 25.8 Å². The van der Waals surface area contributed by atoms with Crippen LogP contribution < -0.4 is 5.73 Å². The second kappa shape index (κ2) is 5.98. The maximum atomic E-state index is 6.28. The molecular weight excluding hydrogens is 341 g/mol. The van der Waals surface area contributed by atoms with Gasteiger partial charge in [-0.3, -0.25) is 0 Å². The van der Waals surface area contributed by atoms with Gasteiger partial charge in [0.2, 0.25) is 0 Å². The van der Waals surface area contributed by atoms with Crippen LogP contribution in [0.4, 0.5) is 0 Å². The van der Waals surface area contributed by atoms with Crippen LogP contribution >= 0.6 is 33.9 Å². The average Bonchev–Trinajstić information content (AvgIpc) is 2.82. The van der Waals surface area contributed by atoms with Crippen molar-refractivity contribution in [3.05, 3.63) is 55.3 Å². The Morgan fingerprint density at radius 1 is 1.29 bits per heavy atom. The first-order valence-electron chi connectivity index (χ1n) is 5.71. The summed E-state index contributed by atoms with van der Waals surface area (Å²) in [5, 5.41) is 2.12. The largest absolute Gasteiger partial charge is 0.324 e. The number of halogens is 1. The Balaban J connectivity index is 2.04. The molecule has 0 bridgehead atoms. The van der Waals surface area contributed by atoms with Gasteiger partial charge in [0.15, 0.2) is 0 Å². The van der Waals surface area contributed by atoms with Gasteiger partial charge in [0.25, 0.3) is 0 Å². The van der Waals surface area contributed by atoms with E-state index in [1.807, 2.05) is 11.3 Å². The predicted octanol–water partition coefficient (Wildman–Crippen LogP) is 4.29. The molecule has 0 aliphatic carbocycles. The smallest absolute Gasteiger partial charge is 0.0308 e. The minimum Gasteiger partial charge on any atom is -0.324 e. The van der Waals surface area contributed by atoms with Crippen molar-refractivity contribution in [3.8, 4) is 0 Å². The topological polar surface area (TPSA) is 26.0 Å². The maximum absolute atomic E-state index is 6.28. The molecule has 1 aromatic carbocycles. The highest BCUT2D eigenvalue weighted by Crippen LogP contribution is 2.25. The molecule has 3 heteroatoms. The average molecular weight is 357 g/mol. The zero-order valence-electron chi connectivity index (χ0n) is 9.82. The van der Waals surface area contributed by atoms with E-state index in [4.69, 9.17) is 5.73 Å². The minimum atomic E-state index is 0.142. The van der Waals surface area contributed by atoms with Crippen molar-refractivity contribution in [3.63, 3.8) is 0 Å². The van der Waals surface area contributed by atoms with Crippen LogP contribution in [0.2, 0.25) is 0 Å². The number of benzene rings is 1. The number of rotatable bonds is 4. The summed E-state index contributed by atoms with van der Waals surface area (Å²) in [4.78, 5) is 1.42. The lowest BCUT2D eigenvalue weighted by atomic mass is 10.0. The molecule has 0 fully saturated rings. The number of hydrogen-bond donors (Lipinski definition) is 1. The summed E-state index contributed by atoms with van der Waals surface area (Å²) in [5.41, 5.74) is 8.88. The highest BCUT2D eigenvalue weighted by atomic mass is 127. The van der Waals surface area contributed by atoms with Gasteiger partial charge in [-0.25, -0.2) is 0 Å². The lowest BCUT2D eigenvalue weighted by molar-refractivity contribution is 0.652. The lowest BCUT2D eigenvalue weighted by Crippen LogP contribution is -2.13. The standard InChI is InChI=1S/C14H16INS/c1-10-4-2-6-12(14(10)15)13(16)8-7-11-5-3-9-17-11/h2-6,9,13H,7-8,16H2,1H3. The highest BCUT2D eigenvalue weighted by molar-refractivity contribution is 14.1. The summed E-state index contributed by atoms with van der Waals surface area (Å²) < 4.78 is 1.31. The van der Waals surface area contributed by atoms with Crippen LogP contribution in [-0.4, -0.2) is 0 Å². The fraction of sp³-hybridized carbons (Fsp3) is 0.286. The van der Waals surface area contributed by atoms with Gasteiger partial charge < -0.3 is 5.73 Å². The van der Waals surface area contributed by atoms with E-state index in [-0.39, 0.29) is 6.04 Å². The number of thiophene rings is 1. The van der Waals surface area contributed by atoms with Gasteiger partial charge in [-0.1, -0.05) is 24.3 Å². The van der Waals surface area contributed by atoms with Crippen molar-refractivity contribution < 1.29 is 0 Å². The molecular formula is C14H16INS. The molecule has 1 nitrogen and oxygen atoms in total. The lowest BCUT2D eigenvalue weighted by Gasteiger charge is -2.14. The third-order valence-corrected chi connectivity index (χ3v) is 5.31. The molecule has 0 saturated heterocycles. The second-order valence-corrected chi connectivity index (χ2v) is 6.31. The zero-order chi connectivity index (χ0) is 12.3. The third kappa shape index (κ3) is 3.30. The summed E-state index contributed by atoms with van der Waals surface area (Å²) in [6, 6.07) is 10.8. The van der Waals surface area contributed by atoms with Gasteiger partial charge >= 0.3 is 0 Å². The zero-order valence-corrected chi connectivity index (χ0v) is 12.8. The first-order valence-corrected chi connectivity index (χ1v) is 7.67. The summed E-state index contributed by atoms with van der Waals surface area (Å²) in [7, 11) is 0. The van der Waals surface area contributed by atoms with E-state index >= 15 is 0 Å². The van der Waals surface area contributed by atoms with Gasteiger partial charge in [-0.2, -0.15) is 0 Å². The molecule has 90 valence electrons. The van der Waals surface area contributed by atoms with E-state index in [0.717, 1.165) is 12.8 Å². The van der Waals surface area contributed by atoms with E-state index in [1.54, 1.807) is 0 Å². The molecule has 17 heavy (non-hydrogen) atoms.